The number of esters is 1. The summed E-state index contributed by atoms with van der Waals surface area (Å²) in [5, 5.41) is 11.6. The average molecular weight is 505 g/mol. The Morgan fingerprint density at radius 2 is 1.90 bits per heavy atom. The van der Waals surface area contributed by atoms with Crippen LogP contribution in [-0.4, -0.2) is 41.2 Å². The highest BCUT2D eigenvalue weighted by Crippen LogP contribution is 2.41. The molecule has 7 heteroatoms. The Bertz CT molecular complexity index is 1090. The molecule has 0 amide bonds. The van der Waals surface area contributed by atoms with Gasteiger partial charge < -0.3 is 19.3 Å². The van der Waals surface area contributed by atoms with E-state index in [-0.39, 0.29) is 11.7 Å². The Morgan fingerprint density at radius 3 is 2.48 bits per heavy atom. The van der Waals surface area contributed by atoms with Crippen LogP contribution in [0.4, 0.5) is 0 Å². The molecule has 0 radical (unpaired) electrons. The predicted molar refractivity (Wildman–Crippen MR) is 131 cm³/mol. The van der Waals surface area contributed by atoms with Crippen LogP contribution in [0.15, 0.2) is 39.7 Å². The van der Waals surface area contributed by atoms with Gasteiger partial charge in [0.05, 0.1) is 22.2 Å². The van der Waals surface area contributed by atoms with Gasteiger partial charge in [-0.3, -0.25) is 0 Å². The Hall–Kier alpha value is -1.96. The highest BCUT2D eigenvalue weighted by atomic mass is 79.9. The van der Waals surface area contributed by atoms with Gasteiger partial charge in [0.15, 0.2) is 0 Å². The molecule has 5 nitrogen and oxygen atoms in total. The number of thioether (sulfide) groups is 1. The van der Waals surface area contributed by atoms with Crippen molar-refractivity contribution in [3.8, 4) is 5.75 Å². The Labute approximate surface area is 196 Å². The fraction of sp³-hybridized carbons (Fsp3) is 0.375. The van der Waals surface area contributed by atoms with Crippen molar-refractivity contribution in [3.63, 3.8) is 0 Å². The minimum atomic E-state index is -0.355. The molecule has 0 aliphatic heterocycles. The second-order valence-electron chi connectivity index (χ2n) is 7.70. The Balaban J connectivity index is 2.15. The lowest BCUT2D eigenvalue weighted by molar-refractivity contribution is 0.0527. The highest BCUT2D eigenvalue weighted by Gasteiger charge is 2.27. The summed E-state index contributed by atoms with van der Waals surface area (Å²) >= 11 is 5.17. The minimum absolute atomic E-state index is 0.159. The molecule has 1 aromatic heterocycles. The van der Waals surface area contributed by atoms with Gasteiger partial charge >= 0.3 is 5.97 Å². The first-order valence-corrected chi connectivity index (χ1v) is 12.1. The molecule has 0 atom stereocenters. The first-order chi connectivity index (χ1) is 14.8. The van der Waals surface area contributed by atoms with Crippen molar-refractivity contribution in [3.05, 3.63) is 57.2 Å². The largest absolute Gasteiger partial charge is 0.506 e. The second kappa shape index (κ2) is 10.1. The zero-order valence-electron chi connectivity index (χ0n) is 18.7. The number of phenols is 1. The van der Waals surface area contributed by atoms with Gasteiger partial charge in [0.2, 0.25) is 0 Å². The molecule has 0 aliphatic carbocycles. The van der Waals surface area contributed by atoms with Crippen molar-refractivity contribution in [1.82, 2.24) is 9.47 Å². The molecule has 1 N–H and O–H groups in total. The van der Waals surface area contributed by atoms with E-state index in [1.807, 2.05) is 43.6 Å². The number of aromatic nitrogens is 1. The molecule has 31 heavy (non-hydrogen) atoms. The topological polar surface area (TPSA) is 54.7 Å². The summed E-state index contributed by atoms with van der Waals surface area (Å²) in [7, 11) is 5.84. The molecule has 3 rings (SSSR count). The minimum Gasteiger partial charge on any atom is -0.506 e. The normalized spacial score (nSPS) is 11.5. The van der Waals surface area contributed by atoms with Crippen LogP contribution in [0.1, 0.15) is 41.0 Å². The van der Waals surface area contributed by atoms with E-state index in [2.05, 4.69) is 47.1 Å². The fourth-order valence-electron chi connectivity index (χ4n) is 3.71. The van der Waals surface area contributed by atoms with Crippen molar-refractivity contribution in [2.45, 2.75) is 37.5 Å². The number of nitrogens with zero attached hydrogens (tertiary/aromatic N) is 2. The molecule has 2 aromatic carbocycles. The van der Waals surface area contributed by atoms with Gasteiger partial charge in [-0.1, -0.05) is 19.1 Å². The number of aromatic hydroxyl groups is 1. The first-order valence-electron chi connectivity index (χ1n) is 10.3. The SMILES string of the molecule is CCOC(=O)c1c(CSc2ccc(CC)cc2)n(C)c2cc(Br)c(O)c(CN(C)C)c12. The summed E-state index contributed by atoms with van der Waals surface area (Å²) in [5.41, 5.74) is 4.33. The molecule has 1 heterocycles. The molecule has 0 aliphatic rings. The number of aryl methyl sites for hydroxylation is 2. The van der Waals surface area contributed by atoms with E-state index in [1.54, 1.807) is 11.8 Å². The number of carbonyl (C=O) groups excluding carboxylic acids is 1. The van der Waals surface area contributed by atoms with Gasteiger partial charge in [0, 0.05) is 40.9 Å². The van der Waals surface area contributed by atoms with Crippen LogP contribution < -0.4 is 0 Å². The molecule has 0 saturated heterocycles. The Kier molecular flexibility index (Phi) is 7.73. The molecule has 3 aromatic rings. The van der Waals surface area contributed by atoms with Crippen molar-refractivity contribution < 1.29 is 14.6 Å². The van der Waals surface area contributed by atoms with Crippen LogP contribution in [0.25, 0.3) is 10.9 Å². The summed E-state index contributed by atoms with van der Waals surface area (Å²) in [5.74, 6) is 0.420. The zero-order chi connectivity index (χ0) is 22.7. The van der Waals surface area contributed by atoms with Gasteiger partial charge in [0.25, 0.3) is 0 Å². The molecule has 166 valence electrons. The summed E-state index contributed by atoms with van der Waals surface area (Å²) in [6, 6.07) is 10.4. The maximum Gasteiger partial charge on any atom is 0.340 e. The van der Waals surface area contributed by atoms with E-state index in [9.17, 15) is 9.90 Å². The summed E-state index contributed by atoms with van der Waals surface area (Å²) < 4.78 is 8.09. The lowest BCUT2D eigenvalue weighted by atomic mass is 10.0. The average Bonchev–Trinajstić information content (AvgIpc) is 3.01. The number of carbonyl (C=O) groups is 1. The van der Waals surface area contributed by atoms with Crippen molar-refractivity contribution >= 4 is 44.6 Å². The number of halogens is 1. The quantitative estimate of drug-likeness (QED) is 0.313. The molecule has 0 spiro atoms. The van der Waals surface area contributed by atoms with E-state index < -0.39 is 0 Å². The van der Waals surface area contributed by atoms with E-state index in [0.717, 1.165) is 33.5 Å². The monoisotopic (exact) mass is 504 g/mol. The van der Waals surface area contributed by atoms with Gasteiger partial charge in [-0.25, -0.2) is 4.79 Å². The Morgan fingerprint density at radius 1 is 1.23 bits per heavy atom. The standard InChI is InChI=1S/C24H29BrN2O3S/c1-6-15-8-10-16(11-9-15)31-14-20-22(24(29)30-7-2)21-17(13-26(3)4)23(28)18(25)12-19(21)27(20)5/h8-12,28H,6-7,13-14H2,1-5H3. The maximum absolute atomic E-state index is 13.1. The van der Waals surface area contributed by atoms with Gasteiger partial charge in [-0.2, -0.15) is 0 Å². The van der Waals surface area contributed by atoms with Crippen molar-refractivity contribution in [2.75, 3.05) is 20.7 Å². The van der Waals surface area contributed by atoms with Crippen LogP contribution in [0.5, 0.6) is 5.75 Å². The van der Waals surface area contributed by atoms with Crippen LogP contribution >= 0.6 is 27.7 Å². The summed E-state index contributed by atoms with van der Waals surface area (Å²) in [4.78, 5) is 16.2. The smallest absolute Gasteiger partial charge is 0.340 e. The number of rotatable bonds is 8. The zero-order valence-corrected chi connectivity index (χ0v) is 21.1. The van der Waals surface area contributed by atoms with Gasteiger partial charge in [-0.05, 0) is 67.1 Å². The van der Waals surface area contributed by atoms with Crippen LogP contribution in [0, 0.1) is 0 Å². The molecular weight excluding hydrogens is 476 g/mol. The first kappa shape index (κ1) is 23.7. The molecule has 0 unspecified atom stereocenters. The maximum atomic E-state index is 13.1. The predicted octanol–water partition coefficient (Wildman–Crippen LogP) is 5.74. The third-order valence-corrected chi connectivity index (χ3v) is 6.93. The van der Waals surface area contributed by atoms with Crippen LogP contribution in [-0.2, 0) is 30.5 Å². The van der Waals surface area contributed by atoms with Gasteiger partial charge in [0.1, 0.15) is 5.75 Å². The number of hydrogen-bond acceptors (Lipinski definition) is 5. The fourth-order valence-corrected chi connectivity index (χ4v) is 5.14. The third kappa shape index (κ3) is 4.94. The number of phenolic OH excluding ortho intramolecular Hbond substituents is 1. The van der Waals surface area contributed by atoms with Crippen molar-refractivity contribution in [1.29, 1.82) is 0 Å². The molecular formula is C24H29BrN2O3S. The van der Waals surface area contributed by atoms with Crippen LogP contribution in [0.3, 0.4) is 0 Å². The third-order valence-electron chi connectivity index (χ3n) is 5.30. The second-order valence-corrected chi connectivity index (χ2v) is 9.61. The number of fused-ring (bicyclic) bond motifs is 1. The number of benzene rings is 2. The molecule has 0 fully saturated rings. The lowest BCUT2D eigenvalue weighted by Gasteiger charge is -2.15. The highest BCUT2D eigenvalue weighted by molar-refractivity contribution is 9.10. The summed E-state index contributed by atoms with van der Waals surface area (Å²) in [6.45, 7) is 4.75. The van der Waals surface area contributed by atoms with Gasteiger partial charge in [-0.15, -0.1) is 11.8 Å². The lowest BCUT2D eigenvalue weighted by Crippen LogP contribution is -2.13. The number of ether oxygens (including phenoxy) is 1. The van der Waals surface area contributed by atoms with Crippen molar-refractivity contribution in [2.24, 2.45) is 7.05 Å². The molecule has 0 bridgehead atoms. The summed E-state index contributed by atoms with van der Waals surface area (Å²) in [6.07, 6.45) is 1.01. The van der Waals surface area contributed by atoms with Crippen LogP contribution in [0.2, 0.25) is 0 Å². The molecule has 0 saturated carbocycles. The van der Waals surface area contributed by atoms with E-state index in [4.69, 9.17) is 4.74 Å². The van der Waals surface area contributed by atoms with E-state index in [0.29, 0.717) is 28.9 Å². The number of hydrogen-bond donors (Lipinski definition) is 1. The van der Waals surface area contributed by atoms with E-state index in [1.165, 1.54) is 5.56 Å². The van der Waals surface area contributed by atoms with E-state index >= 15 is 0 Å².